The van der Waals surface area contributed by atoms with Gasteiger partial charge in [0.05, 0.1) is 22.8 Å². The second kappa shape index (κ2) is 6.64. The first-order chi connectivity index (χ1) is 12.7. The average molecular weight is 533 g/mol. The molecule has 2 aromatic carbocycles. The van der Waals surface area contributed by atoms with Crippen molar-refractivity contribution in [2.75, 3.05) is 0 Å². The molecule has 2 aliphatic rings. The Bertz CT molecular complexity index is 1160. The first kappa shape index (κ1) is 17.4. The summed E-state index contributed by atoms with van der Waals surface area (Å²) in [6, 6.07) is 14.8. The number of fused-ring (bicyclic) bond motifs is 10. The van der Waals surface area contributed by atoms with Crippen molar-refractivity contribution in [2.24, 2.45) is 0 Å². The maximum Gasteiger partial charge on any atom is 0.132 e. The molecule has 0 atom stereocenters. The van der Waals surface area contributed by atoms with Crippen LogP contribution in [0.2, 0.25) is 0 Å². The van der Waals surface area contributed by atoms with E-state index in [2.05, 4.69) is 9.97 Å². The molecule has 4 nitrogen and oxygen atoms in total. The zero-order chi connectivity index (χ0) is 17.7. The third-order valence-electron chi connectivity index (χ3n) is 4.62. The Hall–Kier alpha value is -2.97. The maximum atomic E-state index is 10.7. The summed E-state index contributed by atoms with van der Waals surface area (Å²) in [7, 11) is 0. The molecule has 2 N–H and O–H groups in total. The van der Waals surface area contributed by atoms with Crippen LogP contribution in [0, 0.1) is 0 Å². The minimum Gasteiger partial charge on any atom is -0.507 e. The number of aromatic nitrogens is 2. The molecule has 134 valence electrons. The minimum absolute atomic E-state index is 0. The van der Waals surface area contributed by atoms with Gasteiger partial charge < -0.3 is 10.2 Å². The summed E-state index contributed by atoms with van der Waals surface area (Å²) < 4.78 is 0. The van der Waals surface area contributed by atoms with Gasteiger partial charge in [0, 0.05) is 42.6 Å². The Morgan fingerprint density at radius 3 is 1.48 bits per heavy atom. The van der Waals surface area contributed by atoms with Gasteiger partial charge in [0.2, 0.25) is 0 Å². The van der Waals surface area contributed by atoms with E-state index in [4.69, 9.17) is 0 Å². The Morgan fingerprint density at radius 1 is 0.593 bits per heavy atom. The molecule has 0 saturated carbocycles. The normalized spacial score (nSPS) is 12.1. The second-order valence-corrected chi connectivity index (χ2v) is 6.29. The van der Waals surface area contributed by atoms with Gasteiger partial charge in [-0.15, -0.1) is 0 Å². The number of benzene rings is 2. The topological polar surface area (TPSA) is 66.2 Å². The zero-order valence-electron chi connectivity index (χ0n) is 14.0. The van der Waals surface area contributed by atoms with E-state index in [-0.39, 0.29) is 32.6 Å². The average Bonchev–Trinajstić information content (AvgIpc) is 3.28. The van der Waals surface area contributed by atoms with Crippen molar-refractivity contribution in [1.82, 2.24) is 9.97 Å². The van der Waals surface area contributed by atoms with E-state index in [1.807, 2.05) is 72.8 Å². The predicted octanol–water partition coefficient (Wildman–Crippen LogP) is 4.85. The molecule has 0 saturated heterocycles. The Balaban J connectivity index is 0.00000180. The van der Waals surface area contributed by atoms with Crippen molar-refractivity contribution < 1.29 is 31.3 Å². The fraction of sp³-hybridized carbons (Fsp3) is 0. The van der Waals surface area contributed by atoms with Crippen LogP contribution in [0.5, 0.6) is 11.5 Å². The molecule has 2 aliphatic heterocycles. The van der Waals surface area contributed by atoms with Crippen molar-refractivity contribution >= 4 is 45.8 Å². The Morgan fingerprint density at radius 2 is 1.04 bits per heavy atom. The fourth-order valence-corrected chi connectivity index (χ4v) is 3.30. The molecule has 1 aromatic heterocycles. The van der Waals surface area contributed by atoms with Gasteiger partial charge in [-0.05, 0) is 48.6 Å². The third kappa shape index (κ3) is 2.92. The van der Waals surface area contributed by atoms with E-state index in [9.17, 15) is 10.2 Å². The SMILES string of the molecule is Oc1c2cccc1c1nc(cc3cccc(c4nc(c2)C=C4)c3O)C=C1.[Pt]. The Kier molecular flexibility index (Phi) is 4.29. The second-order valence-electron chi connectivity index (χ2n) is 6.29. The standard InChI is InChI=1S/C22H14N2O2.Pt/c25-21-13-3-1-5-17(21)19-9-7-16(23-19)12-14-4-2-6-18(22(14)26)20-10-8-15(11-13)24-20;/h1-12,25-26H;. The van der Waals surface area contributed by atoms with E-state index in [1.165, 1.54) is 0 Å². The summed E-state index contributed by atoms with van der Waals surface area (Å²) in [5.74, 6) is 0.361. The molecule has 8 bridgehead atoms. The van der Waals surface area contributed by atoms with Crippen LogP contribution in [-0.2, 0) is 21.1 Å². The molecule has 3 aromatic rings. The number of aromatic hydroxyl groups is 2. The van der Waals surface area contributed by atoms with Crippen molar-refractivity contribution in [3.63, 3.8) is 0 Å². The summed E-state index contributed by atoms with van der Waals surface area (Å²) in [5, 5.41) is 24.1. The molecular formula is C22H14N2O2Pt. The van der Waals surface area contributed by atoms with Gasteiger partial charge in [0.1, 0.15) is 11.5 Å². The number of rotatable bonds is 0. The monoisotopic (exact) mass is 533 g/mol. The van der Waals surface area contributed by atoms with Crippen LogP contribution in [0.25, 0.3) is 45.8 Å². The molecule has 0 amide bonds. The number of phenols is 2. The molecule has 0 fully saturated rings. The summed E-state index contributed by atoms with van der Waals surface area (Å²) in [4.78, 5) is 9.17. The van der Waals surface area contributed by atoms with Gasteiger partial charge in [-0.1, -0.05) is 24.3 Å². The van der Waals surface area contributed by atoms with Gasteiger partial charge >= 0.3 is 0 Å². The number of hydrogen-bond acceptors (Lipinski definition) is 4. The van der Waals surface area contributed by atoms with Gasteiger partial charge in [-0.3, -0.25) is 0 Å². The molecule has 0 aliphatic carbocycles. The molecule has 5 heteroatoms. The van der Waals surface area contributed by atoms with Crippen LogP contribution in [0.4, 0.5) is 0 Å². The van der Waals surface area contributed by atoms with E-state index >= 15 is 0 Å². The summed E-state index contributed by atoms with van der Waals surface area (Å²) in [6.45, 7) is 0. The molecule has 0 radical (unpaired) electrons. The number of hydrogen-bond donors (Lipinski definition) is 2. The van der Waals surface area contributed by atoms with Gasteiger partial charge in [-0.25, -0.2) is 9.97 Å². The van der Waals surface area contributed by atoms with Crippen LogP contribution >= 0.6 is 0 Å². The van der Waals surface area contributed by atoms with Crippen molar-refractivity contribution in [3.05, 3.63) is 71.3 Å². The van der Waals surface area contributed by atoms with Gasteiger partial charge in [-0.2, -0.15) is 0 Å². The number of nitrogens with zero attached hydrogens (tertiary/aromatic N) is 2. The number of para-hydroxylation sites is 2. The quantitative estimate of drug-likeness (QED) is 0.299. The Labute approximate surface area is 169 Å². The van der Waals surface area contributed by atoms with E-state index in [0.717, 1.165) is 11.4 Å². The van der Waals surface area contributed by atoms with Crippen LogP contribution in [0.1, 0.15) is 22.8 Å². The molecule has 27 heavy (non-hydrogen) atoms. The predicted molar refractivity (Wildman–Crippen MR) is 105 cm³/mol. The molecular weight excluding hydrogens is 519 g/mol. The molecule has 0 unspecified atom stereocenters. The minimum atomic E-state index is 0. The first-order valence-electron chi connectivity index (χ1n) is 8.31. The summed E-state index contributed by atoms with van der Waals surface area (Å²) in [5.41, 5.74) is 2.81. The van der Waals surface area contributed by atoms with Crippen LogP contribution < -0.4 is 0 Å². The first-order valence-corrected chi connectivity index (χ1v) is 8.31. The van der Waals surface area contributed by atoms with Crippen molar-refractivity contribution in [3.8, 4) is 11.5 Å². The van der Waals surface area contributed by atoms with Crippen LogP contribution in [0.15, 0.2) is 48.5 Å². The number of phenolic OH excluding ortho intramolecular Hbond substituents is 2. The summed E-state index contributed by atoms with van der Waals surface area (Å²) >= 11 is 0. The van der Waals surface area contributed by atoms with E-state index in [1.54, 1.807) is 0 Å². The van der Waals surface area contributed by atoms with Gasteiger partial charge in [0.25, 0.3) is 0 Å². The van der Waals surface area contributed by atoms with Crippen molar-refractivity contribution in [1.29, 1.82) is 0 Å². The maximum absolute atomic E-state index is 10.7. The molecule has 5 rings (SSSR count). The summed E-state index contributed by atoms with van der Waals surface area (Å²) in [6.07, 6.45) is 7.47. The molecule has 3 heterocycles. The van der Waals surface area contributed by atoms with Crippen LogP contribution in [0.3, 0.4) is 0 Å². The third-order valence-corrected chi connectivity index (χ3v) is 4.62. The zero-order valence-corrected chi connectivity index (χ0v) is 16.3. The van der Waals surface area contributed by atoms with E-state index < -0.39 is 0 Å². The van der Waals surface area contributed by atoms with E-state index in [0.29, 0.717) is 32.9 Å². The molecule has 0 spiro atoms. The van der Waals surface area contributed by atoms with Gasteiger partial charge in [0.15, 0.2) is 0 Å². The van der Waals surface area contributed by atoms with Crippen LogP contribution in [-0.4, -0.2) is 20.2 Å². The fourth-order valence-electron chi connectivity index (χ4n) is 3.30. The smallest absolute Gasteiger partial charge is 0.132 e. The largest absolute Gasteiger partial charge is 0.507 e. The van der Waals surface area contributed by atoms with Crippen molar-refractivity contribution in [2.45, 2.75) is 0 Å².